The van der Waals surface area contributed by atoms with Gasteiger partial charge in [0.1, 0.15) is 6.04 Å². The van der Waals surface area contributed by atoms with Gasteiger partial charge in [0, 0.05) is 23.7 Å². The fraction of sp³-hybridized carbons (Fsp3) is 0.438. The van der Waals surface area contributed by atoms with Crippen molar-refractivity contribution in [2.24, 2.45) is 0 Å². The molecule has 0 spiro atoms. The largest absolute Gasteiger partial charge is 0.354 e. The van der Waals surface area contributed by atoms with Crippen molar-refractivity contribution >= 4 is 34.2 Å². The Labute approximate surface area is 139 Å². The molecule has 0 radical (unpaired) electrons. The van der Waals surface area contributed by atoms with E-state index < -0.39 is 6.04 Å². The number of carbonyl (C=O) groups is 2. The van der Waals surface area contributed by atoms with Crippen molar-refractivity contribution in [3.8, 4) is 0 Å². The highest BCUT2D eigenvalue weighted by molar-refractivity contribution is 7.17. The highest BCUT2D eigenvalue weighted by atomic mass is 32.1. The van der Waals surface area contributed by atoms with Gasteiger partial charge in [-0.2, -0.15) is 0 Å². The summed E-state index contributed by atoms with van der Waals surface area (Å²) in [4.78, 5) is 30.3. The molecule has 1 unspecified atom stereocenters. The second-order valence-corrected chi connectivity index (χ2v) is 6.64. The van der Waals surface area contributed by atoms with Crippen LogP contribution < -0.4 is 10.6 Å². The third-order valence-corrected chi connectivity index (χ3v) is 4.25. The van der Waals surface area contributed by atoms with Crippen LogP contribution >= 0.6 is 11.3 Å². The lowest BCUT2D eigenvalue weighted by molar-refractivity contribution is -0.126. The van der Waals surface area contributed by atoms with Crippen LogP contribution in [0.15, 0.2) is 12.3 Å². The summed E-state index contributed by atoms with van der Waals surface area (Å²) in [6, 6.07) is -0.561. The van der Waals surface area contributed by atoms with Crippen molar-refractivity contribution in [3.63, 3.8) is 0 Å². The van der Waals surface area contributed by atoms with Crippen molar-refractivity contribution in [1.29, 1.82) is 0 Å². The van der Waals surface area contributed by atoms with Crippen molar-refractivity contribution in [3.05, 3.63) is 28.5 Å². The van der Waals surface area contributed by atoms with Crippen LogP contribution in [0.3, 0.4) is 0 Å². The zero-order chi connectivity index (χ0) is 17.0. The molecule has 0 aliphatic heterocycles. The molecule has 124 valence electrons. The van der Waals surface area contributed by atoms with Gasteiger partial charge < -0.3 is 10.6 Å². The Morgan fingerprint density at radius 1 is 1.43 bits per heavy atom. The van der Waals surface area contributed by atoms with E-state index in [1.165, 1.54) is 6.08 Å². The number of fused-ring (bicyclic) bond motifs is 1. The van der Waals surface area contributed by atoms with Crippen LogP contribution in [-0.4, -0.2) is 33.8 Å². The van der Waals surface area contributed by atoms with Crippen LogP contribution in [0.2, 0.25) is 0 Å². The minimum absolute atomic E-state index is 0.176. The smallest absolute Gasteiger partial charge is 0.244 e. The number of nitrogens with one attached hydrogen (secondary N) is 2. The average molecular weight is 334 g/mol. The zero-order valence-electron chi connectivity index (χ0n) is 13.8. The SMILES string of the molecule is CCCNC(=O)C(C)NC(=O)C=Cc1c(C)nc2sc(C)cn12. The van der Waals surface area contributed by atoms with E-state index in [-0.39, 0.29) is 11.8 Å². The van der Waals surface area contributed by atoms with Gasteiger partial charge in [-0.25, -0.2) is 4.98 Å². The van der Waals surface area contributed by atoms with Gasteiger partial charge in [-0.3, -0.25) is 14.0 Å². The molecule has 2 amide bonds. The number of thiazole rings is 1. The number of hydrogen-bond acceptors (Lipinski definition) is 4. The number of aryl methyl sites for hydroxylation is 2. The molecular formula is C16H22N4O2S. The number of hydrogen-bond donors (Lipinski definition) is 2. The molecule has 2 N–H and O–H groups in total. The first-order chi connectivity index (χ1) is 10.9. The summed E-state index contributed by atoms with van der Waals surface area (Å²) < 4.78 is 1.97. The standard InChI is InChI=1S/C16H22N4O2S/c1-5-8-17-15(22)12(4)18-14(21)7-6-13-11(3)19-16-20(13)9-10(2)23-16/h6-7,9,12H,5,8H2,1-4H3,(H,17,22)(H,18,21). The third-order valence-electron chi connectivity index (χ3n) is 3.36. The van der Waals surface area contributed by atoms with E-state index in [0.717, 1.165) is 27.6 Å². The molecule has 2 rings (SSSR count). The van der Waals surface area contributed by atoms with Crippen LogP contribution in [0.1, 0.15) is 36.5 Å². The van der Waals surface area contributed by atoms with Gasteiger partial charge in [0.05, 0.1) is 11.4 Å². The van der Waals surface area contributed by atoms with E-state index >= 15 is 0 Å². The minimum Gasteiger partial charge on any atom is -0.354 e. The minimum atomic E-state index is -0.561. The van der Waals surface area contributed by atoms with Crippen LogP contribution in [0, 0.1) is 13.8 Å². The maximum absolute atomic E-state index is 12.0. The average Bonchev–Trinajstić information content (AvgIpc) is 2.97. The molecular weight excluding hydrogens is 312 g/mol. The molecule has 2 aromatic heterocycles. The van der Waals surface area contributed by atoms with Gasteiger partial charge in [-0.05, 0) is 33.3 Å². The van der Waals surface area contributed by atoms with Gasteiger partial charge in [-0.1, -0.05) is 6.92 Å². The van der Waals surface area contributed by atoms with E-state index in [1.807, 2.05) is 31.4 Å². The fourth-order valence-electron chi connectivity index (χ4n) is 2.16. The number of rotatable bonds is 6. The van der Waals surface area contributed by atoms with Crippen LogP contribution in [0.25, 0.3) is 11.0 Å². The van der Waals surface area contributed by atoms with Gasteiger partial charge in [0.15, 0.2) is 4.96 Å². The molecule has 0 aliphatic rings. The molecule has 0 fully saturated rings. The van der Waals surface area contributed by atoms with Crippen molar-refractivity contribution in [2.75, 3.05) is 6.54 Å². The highest BCUT2D eigenvalue weighted by Crippen LogP contribution is 2.21. The van der Waals surface area contributed by atoms with E-state index in [2.05, 4.69) is 15.6 Å². The molecule has 2 heterocycles. The first-order valence-electron chi connectivity index (χ1n) is 7.63. The molecule has 2 aromatic rings. The molecule has 6 nitrogen and oxygen atoms in total. The van der Waals surface area contributed by atoms with Crippen LogP contribution in [-0.2, 0) is 9.59 Å². The summed E-state index contributed by atoms with van der Waals surface area (Å²) in [7, 11) is 0. The van der Waals surface area contributed by atoms with Crippen molar-refractivity contribution in [1.82, 2.24) is 20.0 Å². The monoisotopic (exact) mass is 334 g/mol. The predicted molar refractivity (Wildman–Crippen MR) is 92.5 cm³/mol. The molecule has 0 saturated heterocycles. The Kier molecular flexibility index (Phi) is 5.54. The summed E-state index contributed by atoms with van der Waals surface area (Å²) in [5.74, 6) is -0.476. The summed E-state index contributed by atoms with van der Waals surface area (Å²) >= 11 is 1.61. The fourth-order valence-corrected chi connectivity index (χ4v) is 3.04. The van der Waals surface area contributed by atoms with E-state index in [0.29, 0.717) is 6.54 Å². The molecule has 1 atom stereocenters. The lowest BCUT2D eigenvalue weighted by Crippen LogP contribution is -2.44. The van der Waals surface area contributed by atoms with Gasteiger partial charge in [0.25, 0.3) is 0 Å². The number of nitrogens with zero attached hydrogens (tertiary/aromatic N) is 2. The van der Waals surface area contributed by atoms with Crippen LogP contribution in [0.4, 0.5) is 0 Å². The molecule has 0 aliphatic carbocycles. The van der Waals surface area contributed by atoms with Gasteiger partial charge in [0.2, 0.25) is 11.8 Å². The number of amides is 2. The first-order valence-corrected chi connectivity index (χ1v) is 8.45. The maximum atomic E-state index is 12.0. The molecule has 7 heteroatoms. The third kappa shape index (κ3) is 4.19. The maximum Gasteiger partial charge on any atom is 0.244 e. The predicted octanol–water partition coefficient (Wildman–Crippen LogP) is 2.06. The first kappa shape index (κ1) is 17.2. The van der Waals surface area contributed by atoms with E-state index in [1.54, 1.807) is 24.3 Å². The summed E-state index contributed by atoms with van der Waals surface area (Å²) in [5, 5.41) is 5.41. The normalized spacial score (nSPS) is 12.7. The van der Waals surface area contributed by atoms with Crippen molar-refractivity contribution in [2.45, 2.75) is 40.2 Å². The molecule has 0 bridgehead atoms. The van der Waals surface area contributed by atoms with E-state index in [9.17, 15) is 9.59 Å². The Bertz CT molecular complexity index is 745. The Morgan fingerprint density at radius 2 is 2.17 bits per heavy atom. The van der Waals surface area contributed by atoms with Crippen LogP contribution in [0.5, 0.6) is 0 Å². The molecule has 0 saturated carbocycles. The van der Waals surface area contributed by atoms with E-state index in [4.69, 9.17) is 0 Å². The van der Waals surface area contributed by atoms with Crippen molar-refractivity contribution < 1.29 is 9.59 Å². The lowest BCUT2D eigenvalue weighted by Gasteiger charge is -2.12. The molecule has 0 aromatic carbocycles. The Morgan fingerprint density at radius 3 is 2.87 bits per heavy atom. The quantitative estimate of drug-likeness (QED) is 0.794. The number of carbonyl (C=O) groups excluding carboxylic acids is 2. The number of aromatic nitrogens is 2. The second kappa shape index (κ2) is 7.41. The van der Waals surface area contributed by atoms with Gasteiger partial charge in [-0.15, -0.1) is 11.3 Å². The summed E-state index contributed by atoms with van der Waals surface area (Å²) in [6.45, 7) is 8.19. The summed E-state index contributed by atoms with van der Waals surface area (Å²) in [6.07, 6.45) is 6.03. The Hall–Kier alpha value is -2.15. The topological polar surface area (TPSA) is 75.5 Å². The zero-order valence-corrected chi connectivity index (χ0v) is 14.7. The lowest BCUT2D eigenvalue weighted by atomic mass is 10.2. The summed E-state index contributed by atoms with van der Waals surface area (Å²) in [5.41, 5.74) is 1.75. The molecule has 23 heavy (non-hydrogen) atoms. The van der Waals surface area contributed by atoms with Gasteiger partial charge >= 0.3 is 0 Å². The second-order valence-electron chi connectivity index (χ2n) is 5.43. The highest BCUT2D eigenvalue weighted by Gasteiger charge is 2.14. The Balaban J connectivity index is 2.02. The number of imidazole rings is 1.